The van der Waals surface area contributed by atoms with E-state index in [4.69, 9.17) is 4.74 Å². The van der Waals surface area contributed by atoms with E-state index in [0.717, 1.165) is 11.1 Å². The summed E-state index contributed by atoms with van der Waals surface area (Å²) < 4.78 is 19.7. The Morgan fingerprint density at radius 2 is 1.68 bits per heavy atom. The summed E-state index contributed by atoms with van der Waals surface area (Å²) in [5.74, 6) is -3.16. The van der Waals surface area contributed by atoms with Gasteiger partial charge in [-0.3, -0.25) is 9.59 Å². The van der Waals surface area contributed by atoms with E-state index in [-0.39, 0.29) is 29.0 Å². The highest BCUT2D eigenvalue weighted by Gasteiger charge is 2.31. The predicted molar refractivity (Wildman–Crippen MR) is 116 cm³/mol. The van der Waals surface area contributed by atoms with Gasteiger partial charge < -0.3 is 15.0 Å². The SMILES string of the molecule is CCOC(=O)c1c(C)[nH]c(C(=O)C(=O)Nc2cc(C)cc(C)c2)c1-c1ccccc1F. The van der Waals surface area contributed by atoms with Gasteiger partial charge in [-0.25, -0.2) is 9.18 Å². The molecule has 3 aromatic rings. The number of Topliss-reactive ketones (excluding diaryl/α,β-unsaturated/α-hetero) is 1. The Bertz CT molecular complexity index is 1160. The average molecular weight is 422 g/mol. The first-order valence-corrected chi connectivity index (χ1v) is 9.81. The summed E-state index contributed by atoms with van der Waals surface area (Å²) in [4.78, 5) is 41.1. The fourth-order valence-electron chi connectivity index (χ4n) is 3.54. The normalized spacial score (nSPS) is 10.6. The van der Waals surface area contributed by atoms with Gasteiger partial charge in [-0.1, -0.05) is 24.3 Å². The van der Waals surface area contributed by atoms with Crippen LogP contribution in [0.3, 0.4) is 0 Å². The van der Waals surface area contributed by atoms with Crippen molar-refractivity contribution in [2.45, 2.75) is 27.7 Å². The van der Waals surface area contributed by atoms with Crippen molar-refractivity contribution in [2.24, 2.45) is 0 Å². The molecule has 0 saturated heterocycles. The molecule has 160 valence electrons. The Morgan fingerprint density at radius 1 is 1.03 bits per heavy atom. The van der Waals surface area contributed by atoms with E-state index in [0.29, 0.717) is 11.4 Å². The fourth-order valence-corrected chi connectivity index (χ4v) is 3.54. The van der Waals surface area contributed by atoms with E-state index in [1.165, 1.54) is 18.2 Å². The zero-order valence-electron chi connectivity index (χ0n) is 17.8. The van der Waals surface area contributed by atoms with Gasteiger partial charge in [-0.15, -0.1) is 0 Å². The minimum absolute atomic E-state index is 0.00891. The van der Waals surface area contributed by atoms with Gasteiger partial charge in [-0.2, -0.15) is 0 Å². The fraction of sp³-hybridized carbons (Fsp3) is 0.208. The van der Waals surface area contributed by atoms with Gasteiger partial charge in [0, 0.05) is 22.5 Å². The van der Waals surface area contributed by atoms with Crippen molar-refractivity contribution in [3.63, 3.8) is 0 Å². The molecule has 1 heterocycles. The quantitative estimate of drug-likeness (QED) is 0.341. The number of H-pyrrole nitrogens is 1. The number of anilines is 1. The number of esters is 1. The minimum Gasteiger partial charge on any atom is -0.462 e. The molecule has 3 rings (SSSR count). The minimum atomic E-state index is -0.920. The maximum Gasteiger partial charge on any atom is 0.340 e. The molecule has 0 aliphatic rings. The average Bonchev–Trinajstić information content (AvgIpc) is 3.04. The summed E-state index contributed by atoms with van der Waals surface area (Å²) in [6, 6.07) is 11.2. The second-order valence-corrected chi connectivity index (χ2v) is 7.23. The molecular weight excluding hydrogens is 399 g/mol. The van der Waals surface area contributed by atoms with E-state index >= 15 is 0 Å². The lowest BCUT2D eigenvalue weighted by Crippen LogP contribution is -2.24. The lowest BCUT2D eigenvalue weighted by Gasteiger charge is -2.10. The summed E-state index contributed by atoms with van der Waals surface area (Å²) in [5, 5.41) is 2.58. The number of halogens is 1. The zero-order chi connectivity index (χ0) is 22.7. The Hall–Kier alpha value is -3.74. The van der Waals surface area contributed by atoms with E-state index in [1.54, 1.807) is 32.0 Å². The van der Waals surface area contributed by atoms with Crippen molar-refractivity contribution in [3.05, 3.63) is 76.4 Å². The number of amides is 1. The number of ketones is 1. The maximum atomic E-state index is 14.6. The second-order valence-electron chi connectivity index (χ2n) is 7.23. The van der Waals surface area contributed by atoms with Gasteiger partial charge in [0.25, 0.3) is 11.7 Å². The van der Waals surface area contributed by atoms with Crippen molar-refractivity contribution >= 4 is 23.3 Å². The smallest absolute Gasteiger partial charge is 0.340 e. The van der Waals surface area contributed by atoms with Crippen LogP contribution >= 0.6 is 0 Å². The number of aromatic nitrogens is 1. The Kier molecular flexibility index (Phi) is 6.34. The number of benzene rings is 2. The van der Waals surface area contributed by atoms with Crippen molar-refractivity contribution in [2.75, 3.05) is 11.9 Å². The number of carbonyl (C=O) groups excluding carboxylic acids is 3. The van der Waals surface area contributed by atoms with E-state index in [9.17, 15) is 18.8 Å². The number of rotatable bonds is 6. The van der Waals surface area contributed by atoms with Gasteiger partial charge in [0.2, 0.25) is 0 Å². The molecule has 31 heavy (non-hydrogen) atoms. The Balaban J connectivity index is 2.08. The van der Waals surface area contributed by atoms with E-state index in [1.807, 2.05) is 19.9 Å². The second kappa shape index (κ2) is 8.95. The first-order valence-electron chi connectivity index (χ1n) is 9.81. The summed E-state index contributed by atoms with van der Waals surface area (Å²) in [7, 11) is 0. The van der Waals surface area contributed by atoms with Gasteiger partial charge in [-0.05, 0) is 57.0 Å². The summed E-state index contributed by atoms with van der Waals surface area (Å²) in [6.45, 7) is 7.07. The zero-order valence-corrected chi connectivity index (χ0v) is 17.8. The number of carbonyl (C=O) groups is 3. The molecule has 0 fully saturated rings. The molecule has 0 unspecified atom stereocenters. The molecule has 0 aliphatic carbocycles. The maximum absolute atomic E-state index is 14.6. The molecule has 0 atom stereocenters. The van der Waals surface area contributed by atoms with Crippen LogP contribution in [0.15, 0.2) is 42.5 Å². The van der Waals surface area contributed by atoms with Crippen molar-refractivity contribution in [1.82, 2.24) is 4.98 Å². The Labute approximate surface area is 179 Å². The topological polar surface area (TPSA) is 88.3 Å². The third-order valence-electron chi connectivity index (χ3n) is 4.72. The predicted octanol–water partition coefficient (Wildman–Crippen LogP) is 4.74. The number of hydrogen-bond donors (Lipinski definition) is 2. The van der Waals surface area contributed by atoms with Crippen LogP contribution in [0.2, 0.25) is 0 Å². The third-order valence-corrected chi connectivity index (χ3v) is 4.72. The lowest BCUT2D eigenvalue weighted by atomic mass is 9.97. The lowest BCUT2D eigenvalue weighted by molar-refractivity contribution is -0.112. The van der Waals surface area contributed by atoms with Crippen LogP contribution < -0.4 is 5.32 Å². The molecule has 1 aromatic heterocycles. The van der Waals surface area contributed by atoms with Crippen LogP contribution in [0.4, 0.5) is 10.1 Å². The molecule has 0 spiro atoms. The van der Waals surface area contributed by atoms with Crippen molar-refractivity contribution in [1.29, 1.82) is 0 Å². The summed E-state index contributed by atoms with van der Waals surface area (Å²) >= 11 is 0. The number of aromatic amines is 1. The van der Waals surface area contributed by atoms with Gasteiger partial charge >= 0.3 is 5.97 Å². The van der Waals surface area contributed by atoms with E-state index < -0.39 is 23.5 Å². The molecule has 0 saturated carbocycles. The van der Waals surface area contributed by atoms with Crippen LogP contribution in [0.5, 0.6) is 0 Å². The summed E-state index contributed by atoms with van der Waals surface area (Å²) in [5.41, 5.74) is 2.51. The number of aryl methyl sites for hydroxylation is 3. The molecule has 0 bridgehead atoms. The highest BCUT2D eigenvalue weighted by atomic mass is 19.1. The van der Waals surface area contributed by atoms with Crippen LogP contribution in [-0.4, -0.2) is 29.3 Å². The monoisotopic (exact) mass is 422 g/mol. The van der Waals surface area contributed by atoms with E-state index in [2.05, 4.69) is 10.3 Å². The first kappa shape index (κ1) is 22.0. The molecule has 7 heteroatoms. The van der Waals surface area contributed by atoms with Gasteiger partial charge in [0.05, 0.1) is 12.2 Å². The van der Waals surface area contributed by atoms with Gasteiger partial charge in [0.1, 0.15) is 11.5 Å². The highest BCUT2D eigenvalue weighted by Crippen LogP contribution is 2.33. The molecule has 0 radical (unpaired) electrons. The standard InChI is InChI=1S/C24H23FN2O4/c1-5-31-24(30)19-15(4)26-21(20(19)17-8-6-7-9-18(17)25)22(28)23(29)27-16-11-13(2)10-14(3)12-16/h6-12,26H,5H2,1-4H3,(H,27,29). The largest absolute Gasteiger partial charge is 0.462 e. The van der Waals surface area contributed by atoms with Crippen molar-refractivity contribution < 1.29 is 23.5 Å². The number of hydrogen-bond acceptors (Lipinski definition) is 4. The number of ether oxygens (including phenoxy) is 1. The molecular formula is C24H23FN2O4. The Morgan fingerprint density at radius 3 is 2.29 bits per heavy atom. The van der Waals surface area contributed by atoms with Gasteiger partial charge in [0.15, 0.2) is 0 Å². The highest BCUT2D eigenvalue weighted by molar-refractivity contribution is 6.47. The first-order chi connectivity index (χ1) is 14.7. The van der Waals surface area contributed by atoms with Crippen LogP contribution in [0.1, 0.15) is 44.6 Å². The van der Waals surface area contributed by atoms with Crippen LogP contribution in [-0.2, 0) is 9.53 Å². The third kappa shape index (κ3) is 4.55. The molecule has 0 aliphatic heterocycles. The van der Waals surface area contributed by atoms with Crippen LogP contribution in [0, 0.1) is 26.6 Å². The van der Waals surface area contributed by atoms with Crippen molar-refractivity contribution in [3.8, 4) is 11.1 Å². The number of nitrogens with one attached hydrogen (secondary N) is 2. The van der Waals surface area contributed by atoms with Crippen LogP contribution in [0.25, 0.3) is 11.1 Å². The molecule has 2 aromatic carbocycles. The molecule has 2 N–H and O–H groups in total. The summed E-state index contributed by atoms with van der Waals surface area (Å²) in [6.07, 6.45) is 0. The molecule has 6 nitrogen and oxygen atoms in total. The molecule has 1 amide bonds.